The van der Waals surface area contributed by atoms with Gasteiger partial charge in [-0.25, -0.2) is 4.79 Å². The van der Waals surface area contributed by atoms with E-state index in [0.29, 0.717) is 5.56 Å². The number of ketones is 1. The number of alkyl carbamates (subject to hydrolysis) is 1. The molecule has 0 aliphatic rings. The molecule has 1 rings (SSSR count). The molecule has 0 heterocycles. The van der Waals surface area contributed by atoms with E-state index >= 15 is 0 Å². The summed E-state index contributed by atoms with van der Waals surface area (Å²) in [5.74, 6) is -1.91. The number of hydrogen-bond donors (Lipinski definition) is 1. The number of ether oxygens (including phenoxy) is 1. The van der Waals surface area contributed by atoms with E-state index in [-0.39, 0.29) is 0 Å². The summed E-state index contributed by atoms with van der Waals surface area (Å²) in [5, 5.41) is 2.31. The van der Waals surface area contributed by atoms with Gasteiger partial charge in [-0.3, -0.25) is 4.79 Å². The van der Waals surface area contributed by atoms with E-state index in [2.05, 4.69) is 5.32 Å². The number of amides is 1. The number of carbonyl (C=O) groups excluding carboxylic acids is 2. The molecule has 7 heteroatoms. The van der Waals surface area contributed by atoms with Gasteiger partial charge in [-0.2, -0.15) is 13.2 Å². The van der Waals surface area contributed by atoms with Gasteiger partial charge < -0.3 is 10.1 Å². The van der Waals surface area contributed by atoms with E-state index in [1.165, 1.54) is 12.1 Å². The lowest BCUT2D eigenvalue weighted by Crippen LogP contribution is -2.37. The lowest BCUT2D eigenvalue weighted by Gasteiger charge is -2.24. The molecule has 1 aromatic carbocycles. The number of carbonyl (C=O) groups is 2. The second-order valence-corrected chi connectivity index (χ2v) is 5.73. The SMILES string of the molecule is CC(C)(C)OC(=O)NC(CC(=O)C(F)(F)F)c1ccccc1. The number of rotatable bonds is 4. The Morgan fingerprint density at radius 1 is 1.14 bits per heavy atom. The molecule has 4 nitrogen and oxygen atoms in total. The van der Waals surface area contributed by atoms with E-state index in [0.717, 1.165) is 0 Å². The van der Waals surface area contributed by atoms with Crippen LogP contribution < -0.4 is 5.32 Å². The molecule has 1 N–H and O–H groups in total. The van der Waals surface area contributed by atoms with Crippen LogP contribution in [0.15, 0.2) is 30.3 Å². The van der Waals surface area contributed by atoms with E-state index in [9.17, 15) is 22.8 Å². The van der Waals surface area contributed by atoms with E-state index < -0.39 is 36.1 Å². The first-order chi connectivity index (χ1) is 9.99. The first-order valence-electron chi connectivity index (χ1n) is 6.63. The Kier molecular flexibility index (Phi) is 5.57. The van der Waals surface area contributed by atoms with Crippen LogP contribution >= 0.6 is 0 Å². The summed E-state index contributed by atoms with van der Waals surface area (Å²) in [6.45, 7) is 4.89. The second-order valence-electron chi connectivity index (χ2n) is 5.73. The Morgan fingerprint density at radius 2 is 1.68 bits per heavy atom. The molecule has 1 unspecified atom stereocenters. The summed E-state index contributed by atoms with van der Waals surface area (Å²) in [4.78, 5) is 22.9. The first kappa shape index (κ1) is 18.0. The quantitative estimate of drug-likeness (QED) is 0.919. The van der Waals surface area contributed by atoms with Crippen molar-refractivity contribution in [1.82, 2.24) is 5.32 Å². The molecule has 1 aromatic rings. The molecule has 0 aliphatic carbocycles. The normalized spacial score (nSPS) is 13.4. The highest BCUT2D eigenvalue weighted by Crippen LogP contribution is 2.25. The van der Waals surface area contributed by atoms with Crippen LogP contribution in [0.2, 0.25) is 0 Å². The third-order valence-electron chi connectivity index (χ3n) is 2.60. The smallest absolute Gasteiger partial charge is 0.444 e. The molecule has 1 amide bonds. The fraction of sp³-hybridized carbons (Fsp3) is 0.467. The summed E-state index contributed by atoms with van der Waals surface area (Å²) in [6, 6.07) is 6.86. The lowest BCUT2D eigenvalue weighted by molar-refractivity contribution is -0.171. The minimum Gasteiger partial charge on any atom is -0.444 e. The number of alkyl halides is 3. The third kappa shape index (κ3) is 6.15. The van der Waals surface area contributed by atoms with Gasteiger partial charge in [0.2, 0.25) is 5.78 Å². The summed E-state index contributed by atoms with van der Waals surface area (Å²) in [5.41, 5.74) is -0.398. The zero-order chi connectivity index (χ0) is 17.0. The van der Waals surface area contributed by atoms with Gasteiger partial charge in [0.05, 0.1) is 6.04 Å². The number of hydrogen-bond acceptors (Lipinski definition) is 3. The van der Waals surface area contributed by atoms with Gasteiger partial charge in [-0.15, -0.1) is 0 Å². The Morgan fingerprint density at radius 3 is 2.14 bits per heavy atom. The molecule has 0 saturated heterocycles. The predicted molar refractivity (Wildman–Crippen MR) is 74.2 cm³/mol. The molecule has 122 valence electrons. The van der Waals surface area contributed by atoms with E-state index in [1.54, 1.807) is 39.0 Å². The minimum absolute atomic E-state index is 0.394. The van der Waals surface area contributed by atoms with Crippen LogP contribution in [0.5, 0.6) is 0 Å². The van der Waals surface area contributed by atoms with Gasteiger partial charge in [0, 0.05) is 6.42 Å². The lowest BCUT2D eigenvalue weighted by atomic mass is 10.0. The van der Waals surface area contributed by atoms with Crippen LogP contribution in [0, 0.1) is 0 Å². The Balaban J connectivity index is 2.89. The average Bonchev–Trinajstić information content (AvgIpc) is 2.35. The monoisotopic (exact) mass is 317 g/mol. The number of nitrogens with one attached hydrogen (secondary N) is 1. The summed E-state index contributed by atoms with van der Waals surface area (Å²) in [7, 11) is 0. The molecule has 0 bridgehead atoms. The van der Waals surface area contributed by atoms with E-state index in [1.807, 2.05) is 0 Å². The number of Topliss-reactive ketones (excluding diaryl/α,β-unsaturated/α-hetero) is 1. The molecule has 22 heavy (non-hydrogen) atoms. The van der Waals surface area contributed by atoms with Crippen molar-refractivity contribution in [3.8, 4) is 0 Å². The topological polar surface area (TPSA) is 55.4 Å². The average molecular weight is 317 g/mol. The maximum atomic E-state index is 12.4. The predicted octanol–water partition coefficient (Wildman–Crippen LogP) is 3.77. The van der Waals surface area contributed by atoms with Gasteiger partial charge in [-0.1, -0.05) is 30.3 Å². The first-order valence-corrected chi connectivity index (χ1v) is 6.63. The fourth-order valence-electron chi connectivity index (χ4n) is 1.69. The molecule has 0 radical (unpaired) electrons. The zero-order valence-corrected chi connectivity index (χ0v) is 12.5. The van der Waals surface area contributed by atoms with Crippen LogP contribution in [-0.2, 0) is 9.53 Å². The van der Waals surface area contributed by atoms with E-state index in [4.69, 9.17) is 4.74 Å². The molecule has 0 aromatic heterocycles. The molecular weight excluding hydrogens is 299 g/mol. The van der Waals surface area contributed by atoms with Gasteiger partial charge in [0.25, 0.3) is 0 Å². The highest BCUT2D eigenvalue weighted by Gasteiger charge is 2.40. The van der Waals surface area contributed by atoms with Crippen molar-refractivity contribution in [1.29, 1.82) is 0 Å². The van der Waals surface area contributed by atoms with Crippen molar-refractivity contribution < 1.29 is 27.5 Å². The van der Waals surface area contributed by atoms with Crippen LogP contribution in [0.1, 0.15) is 38.8 Å². The maximum Gasteiger partial charge on any atom is 0.450 e. The van der Waals surface area contributed by atoms with Crippen LogP contribution in [0.25, 0.3) is 0 Å². The number of halogens is 3. The van der Waals surface area contributed by atoms with Gasteiger partial charge in [-0.05, 0) is 26.3 Å². The van der Waals surface area contributed by atoms with Gasteiger partial charge >= 0.3 is 12.3 Å². The van der Waals surface area contributed by atoms with Gasteiger partial charge in [0.15, 0.2) is 0 Å². The second kappa shape index (κ2) is 6.81. The van der Waals surface area contributed by atoms with Crippen LogP contribution in [0.4, 0.5) is 18.0 Å². The highest BCUT2D eigenvalue weighted by atomic mass is 19.4. The zero-order valence-electron chi connectivity index (χ0n) is 12.5. The standard InChI is InChI=1S/C15H18F3NO3/c1-14(2,3)22-13(21)19-11(9-12(20)15(16,17)18)10-7-5-4-6-8-10/h4-8,11H,9H2,1-3H3,(H,19,21). The molecule has 0 fully saturated rings. The van der Waals surface area contributed by atoms with Crippen molar-refractivity contribution in [2.75, 3.05) is 0 Å². The Hall–Kier alpha value is -2.05. The molecular formula is C15H18F3NO3. The van der Waals surface area contributed by atoms with Crippen LogP contribution in [-0.4, -0.2) is 23.7 Å². The van der Waals surface area contributed by atoms with Crippen molar-refractivity contribution in [3.63, 3.8) is 0 Å². The Bertz CT molecular complexity index is 521. The summed E-state index contributed by atoms with van der Waals surface area (Å²) < 4.78 is 42.3. The van der Waals surface area contributed by atoms with Crippen LogP contribution in [0.3, 0.4) is 0 Å². The Labute approximate surface area is 126 Å². The summed E-state index contributed by atoms with van der Waals surface area (Å²) in [6.07, 6.45) is -6.70. The van der Waals surface area contributed by atoms with Crippen molar-refractivity contribution in [2.45, 2.75) is 45.0 Å². The van der Waals surface area contributed by atoms with Gasteiger partial charge in [0.1, 0.15) is 5.60 Å². The third-order valence-corrected chi connectivity index (χ3v) is 2.60. The summed E-state index contributed by atoms with van der Waals surface area (Å²) >= 11 is 0. The molecule has 0 aliphatic heterocycles. The van der Waals surface area contributed by atoms with Crippen molar-refractivity contribution in [2.24, 2.45) is 0 Å². The number of benzene rings is 1. The highest BCUT2D eigenvalue weighted by molar-refractivity contribution is 5.85. The molecule has 0 saturated carbocycles. The minimum atomic E-state index is -4.94. The largest absolute Gasteiger partial charge is 0.450 e. The molecule has 1 atom stereocenters. The van der Waals surface area contributed by atoms with Crippen molar-refractivity contribution in [3.05, 3.63) is 35.9 Å². The maximum absolute atomic E-state index is 12.4. The fourth-order valence-corrected chi connectivity index (χ4v) is 1.69. The molecule has 0 spiro atoms. The van der Waals surface area contributed by atoms with Crippen molar-refractivity contribution >= 4 is 11.9 Å².